The van der Waals surface area contributed by atoms with Crippen LogP contribution in [0.1, 0.15) is 53.3 Å². The molecular formula is C24H27ClN4O4S2. The maximum atomic E-state index is 12.8. The molecule has 11 heteroatoms. The zero-order valence-corrected chi connectivity index (χ0v) is 22.0. The van der Waals surface area contributed by atoms with Crippen LogP contribution in [0.25, 0.3) is 0 Å². The molecule has 186 valence electrons. The predicted octanol–water partition coefficient (Wildman–Crippen LogP) is 5.38. The van der Waals surface area contributed by atoms with Crippen LogP contribution in [0, 0.1) is 0 Å². The lowest BCUT2D eigenvalue weighted by molar-refractivity contribution is -0.113. The number of nitrogens with zero attached hydrogens (tertiary/aromatic N) is 3. The summed E-state index contributed by atoms with van der Waals surface area (Å²) >= 11 is 8.93. The van der Waals surface area contributed by atoms with E-state index >= 15 is 0 Å². The average Bonchev–Trinajstić information content (AvgIpc) is 3.42. The number of anilines is 1. The van der Waals surface area contributed by atoms with Crippen molar-refractivity contribution in [2.45, 2.75) is 57.8 Å². The third-order valence-electron chi connectivity index (χ3n) is 5.54. The van der Waals surface area contributed by atoms with Gasteiger partial charge in [-0.2, -0.15) is 0 Å². The standard InChI is InChI=1S/C24H27ClN4O4S2/c1-3-29-19(13-33-17-11-7-6-10-16(17)25)27-28-24(29)34-14-20(30)26-22-21(23(31)32-4-2)15-9-5-8-12-18(15)35-22/h6-7,10-11H,3-5,8-9,12-14H2,1-2H3,(H,26,30). The van der Waals surface area contributed by atoms with Gasteiger partial charge >= 0.3 is 5.97 Å². The van der Waals surface area contributed by atoms with E-state index in [1.165, 1.54) is 23.1 Å². The molecule has 0 aliphatic heterocycles. The smallest absolute Gasteiger partial charge is 0.341 e. The minimum Gasteiger partial charge on any atom is -0.484 e. The van der Waals surface area contributed by atoms with Gasteiger partial charge in [0.05, 0.1) is 22.9 Å². The van der Waals surface area contributed by atoms with Gasteiger partial charge in [-0.15, -0.1) is 21.5 Å². The molecule has 1 amide bonds. The first kappa shape index (κ1) is 25.5. The Morgan fingerprint density at radius 3 is 2.77 bits per heavy atom. The van der Waals surface area contributed by atoms with E-state index in [1.807, 2.05) is 23.6 Å². The number of amides is 1. The summed E-state index contributed by atoms with van der Waals surface area (Å²) < 4.78 is 13.0. The maximum Gasteiger partial charge on any atom is 0.341 e. The summed E-state index contributed by atoms with van der Waals surface area (Å²) in [6, 6.07) is 7.24. The van der Waals surface area contributed by atoms with E-state index in [2.05, 4.69) is 15.5 Å². The van der Waals surface area contributed by atoms with Crippen LogP contribution in [0.3, 0.4) is 0 Å². The zero-order valence-electron chi connectivity index (χ0n) is 19.6. The molecule has 1 N–H and O–H groups in total. The highest BCUT2D eigenvalue weighted by atomic mass is 35.5. The number of halogens is 1. The molecule has 1 aromatic carbocycles. The summed E-state index contributed by atoms with van der Waals surface area (Å²) in [6.07, 6.45) is 3.89. The molecule has 1 aliphatic carbocycles. The summed E-state index contributed by atoms with van der Waals surface area (Å²) in [5.74, 6) is 0.770. The number of thiophene rings is 1. The van der Waals surface area contributed by atoms with Crippen molar-refractivity contribution in [3.63, 3.8) is 0 Å². The van der Waals surface area contributed by atoms with Gasteiger partial charge in [0.2, 0.25) is 5.91 Å². The molecule has 0 fully saturated rings. The average molecular weight is 535 g/mol. The molecule has 1 aliphatic rings. The van der Waals surface area contributed by atoms with Gasteiger partial charge in [0.25, 0.3) is 0 Å². The number of hydrogen-bond donors (Lipinski definition) is 1. The van der Waals surface area contributed by atoms with E-state index in [0.717, 1.165) is 36.1 Å². The van der Waals surface area contributed by atoms with Gasteiger partial charge in [0.15, 0.2) is 11.0 Å². The fourth-order valence-electron chi connectivity index (χ4n) is 3.92. The fraction of sp³-hybridized carbons (Fsp3) is 0.417. The van der Waals surface area contributed by atoms with E-state index in [-0.39, 0.29) is 24.2 Å². The number of hydrogen-bond acceptors (Lipinski definition) is 8. The number of nitrogens with one attached hydrogen (secondary N) is 1. The van der Waals surface area contributed by atoms with Crippen molar-refractivity contribution in [2.24, 2.45) is 0 Å². The molecule has 0 atom stereocenters. The Labute approximate surface area is 217 Å². The van der Waals surface area contributed by atoms with Gasteiger partial charge in [-0.1, -0.05) is 35.5 Å². The first-order valence-corrected chi connectivity index (χ1v) is 13.7. The van der Waals surface area contributed by atoms with Crippen LogP contribution in [0.15, 0.2) is 29.4 Å². The topological polar surface area (TPSA) is 95.3 Å². The van der Waals surface area contributed by atoms with Crippen LogP contribution in [0.2, 0.25) is 5.02 Å². The van der Waals surface area contributed by atoms with Crippen molar-refractivity contribution >= 4 is 51.6 Å². The quantitative estimate of drug-likeness (QED) is 0.275. The number of aromatic nitrogens is 3. The maximum absolute atomic E-state index is 12.8. The second kappa shape index (κ2) is 11.9. The zero-order chi connectivity index (χ0) is 24.8. The molecule has 0 bridgehead atoms. The Bertz CT molecular complexity index is 1210. The van der Waals surface area contributed by atoms with Gasteiger partial charge in [0.1, 0.15) is 17.4 Å². The highest BCUT2D eigenvalue weighted by Crippen LogP contribution is 2.38. The number of benzene rings is 1. The lowest BCUT2D eigenvalue weighted by Gasteiger charge is -2.12. The van der Waals surface area contributed by atoms with Crippen molar-refractivity contribution in [1.82, 2.24) is 14.8 Å². The Morgan fingerprint density at radius 1 is 1.20 bits per heavy atom. The number of carbonyl (C=O) groups is 2. The molecule has 0 saturated carbocycles. The van der Waals surface area contributed by atoms with Gasteiger partial charge in [0, 0.05) is 11.4 Å². The van der Waals surface area contributed by atoms with Gasteiger partial charge in [-0.05, 0) is 57.2 Å². The third kappa shape index (κ3) is 5.99. The summed E-state index contributed by atoms with van der Waals surface area (Å²) in [5.41, 5.74) is 1.54. The minimum absolute atomic E-state index is 0.133. The molecule has 2 aromatic heterocycles. The van der Waals surface area contributed by atoms with Crippen LogP contribution in [0.5, 0.6) is 5.75 Å². The van der Waals surface area contributed by atoms with Gasteiger partial charge in [-0.3, -0.25) is 4.79 Å². The lowest BCUT2D eigenvalue weighted by Crippen LogP contribution is -2.17. The molecule has 0 saturated heterocycles. The van der Waals surface area contributed by atoms with Crippen LogP contribution < -0.4 is 10.1 Å². The van der Waals surface area contributed by atoms with Crippen LogP contribution in [-0.2, 0) is 35.5 Å². The van der Waals surface area contributed by atoms with Gasteiger partial charge < -0.3 is 19.4 Å². The van der Waals surface area contributed by atoms with Crippen LogP contribution in [-0.4, -0.2) is 39.0 Å². The van der Waals surface area contributed by atoms with Crippen molar-refractivity contribution in [3.05, 3.63) is 51.1 Å². The lowest BCUT2D eigenvalue weighted by atomic mass is 9.95. The molecule has 2 heterocycles. The van der Waals surface area contributed by atoms with Crippen molar-refractivity contribution in [1.29, 1.82) is 0 Å². The number of rotatable bonds is 10. The summed E-state index contributed by atoms with van der Waals surface area (Å²) in [5, 5.41) is 13.1. The van der Waals surface area contributed by atoms with E-state index in [0.29, 0.717) is 45.5 Å². The van der Waals surface area contributed by atoms with Gasteiger partial charge in [-0.25, -0.2) is 4.79 Å². The van der Waals surface area contributed by atoms with Crippen LogP contribution in [0.4, 0.5) is 5.00 Å². The second-order valence-electron chi connectivity index (χ2n) is 7.83. The normalized spacial score (nSPS) is 12.8. The highest BCUT2D eigenvalue weighted by Gasteiger charge is 2.27. The SMILES string of the molecule is CCOC(=O)c1c(NC(=O)CSc2nnc(COc3ccccc3Cl)n2CC)sc2c1CCCC2. The van der Waals surface area contributed by atoms with E-state index < -0.39 is 0 Å². The monoisotopic (exact) mass is 534 g/mol. The van der Waals surface area contributed by atoms with Crippen LogP contribution >= 0.6 is 34.7 Å². The molecule has 0 spiro atoms. The van der Waals surface area contributed by atoms with Crippen molar-refractivity contribution in [3.8, 4) is 5.75 Å². The Hall–Kier alpha value is -2.56. The number of thioether (sulfide) groups is 1. The highest BCUT2D eigenvalue weighted by molar-refractivity contribution is 7.99. The predicted molar refractivity (Wildman–Crippen MR) is 138 cm³/mol. The van der Waals surface area contributed by atoms with Crippen molar-refractivity contribution in [2.75, 3.05) is 17.7 Å². The Kier molecular flexibility index (Phi) is 8.69. The number of fused-ring (bicyclic) bond motifs is 1. The Balaban J connectivity index is 1.41. The minimum atomic E-state index is -0.372. The number of aryl methyl sites for hydroxylation is 1. The Morgan fingerprint density at radius 2 is 2.00 bits per heavy atom. The summed E-state index contributed by atoms with van der Waals surface area (Å²) in [7, 11) is 0. The number of para-hydroxylation sites is 1. The third-order valence-corrected chi connectivity index (χ3v) is 8.03. The van der Waals surface area contributed by atoms with E-state index in [9.17, 15) is 9.59 Å². The number of esters is 1. The molecule has 0 radical (unpaired) electrons. The second-order valence-corrected chi connectivity index (χ2v) is 10.3. The molecule has 4 rings (SSSR count). The first-order valence-electron chi connectivity index (χ1n) is 11.6. The number of carbonyl (C=O) groups excluding carboxylic acids is 2. The number of ether oxygens (including phenoxy) is 2. The van der Waals surface area contributed by atoms with E-state index in [1.54, 1.807) is 19.1 Å². The molecule has 0 unspecified atom stereocenters. The summed E-state index contributed by atoms with van der Waals surface area (Å²) in [6.45, 7) is 4.89. The molecule has 3 aromatic rings. The molecule has 35 heavy (non-hydrogen) atoms. The first-order chi connectivity index (χ1) is 17.0. The van der Waals surface area contributed by atoms with E-state index in [4.69, 9.17) is 21.1 Å². The largest absolute Gasteiger partial charge is 0.484 e. The summed E-state index contributed by atoms with van der Waals surface area (Å²) in [4.78, 5) is 26.6. The molecular weight excluding hydrogens is 508 g/mol. The fourth-order valence-corrected chi connectivity index (χ4v) is 6.23. The molecule has 8 nitrogen and oxygen atoms in total. The van der Waals surface area contributed by atoms with Crippen molar-refractivity contribution < 1.29 is 19.1 Å².